The lowest BCUT2D eigenvalue weighted by atomic mass is 10.2. The largest absolute Gasteiger partial charge is 0.439 e. The number of aryl methyl sites for hydroxylation is 2. The van der Waals surface area contributed by atoms with Crippen molar-refractivity contribution in [1.82, 2.24) is 19.7 Å². The first-order valence-electron chi connectivity index (χ1n) is 10.7. The van der Waals surface area contributed by atoms with E-state index in [0.717, 1.165) is 17.0 Å². The van der Waals surface area contributed by atoms with Crippen LogP contribution < -0.4 is 10.1 Å². The lowest BCUT2D eigenvalue weighted by Crippen LogP contribution is -2.13. The summed E-state index contributed by atoms with van der Waals surface area (Å²) in [4.78, 5) is 21.7. The lowest BCUT2D eigenvalue weighted by Gasteiger charge is -2.11. The number of hydrogen-bond donors (Lipinski definition) is 1. The number of anilines is 1. The normalized spacial score (nSPS) is 11.1. The zero-order valence-electron chi connectivity index (χ0n) is 19.5. The number of benzene rings is 2. The van der Waals surface area contributed by atoms with Gasteiger partial charge in [-0.25, -0.2) is 9.67 Å². The number of hydrogen-bond acceptors (Lipinski definition) is 6. The molecule has 2 heterocycles. The predicted molar refractivity (Wildman–Crippen MR) is 131 cm³/mol. The number of aromatic nitrogens is 4. The zero-order valence-corrected chi connectivity index (χ0v) is 20.4. The maximum absolute atomic E-state index is 12.8. The third-order valence-electron chi connectivity index (χ3n) is 5.35. The molecule has 35 heavy (non-hydrogen) atoms. The fraction of sp³-hybridized carbons (Fsp3) is 0.200. The fourth-order valence-corrected chi connectivity index (χ4v) is 4.04. The van der Waals surface area contributed by atoms with Gasteiger partial charge in [-0.3, -0.25) is 4.79 Å². The number of rotatable bonds is 7. The van der Waals surface area contributed by atoms with Gasteiger partial charge < -0.3 is 10.1 Å². The highest BCUT2D eigenvalue weighted by Gasteiger charge is 2.16. The van der Waals surface area contributed by atoms with Gasteiger partial charge in [-0.2, -0.15) is 18.9 Å². The van der Waals surface area contributed by atoms with Gasteiger partial charge in [-0.05, 0) is 69.7 Å². The number of nitrogens with one attached hydrogen (secondary N) is 1. The maximum Gasteiger partial charge on any atom is 0.288 e. The molecule has 0 fully saturated rings. The standard InChI is InChI=1S/C25H23F2N5O2S/c1-14-15(2)31-32(16(14)3)22-13-23(29-17(4)28-22)34-19-11-9-18(10-12-19)30-24(33)20-7-5-6-8-21(20)35-25(26)27/h5-13,25H,1-4H3,(H,30,33). The van der Waals surface area contributed by atoms with Crippen LogP contribution in [0.15, 0.2) is 59.5 Å². The molecule has 4 aromatic rings. The highest BCUT2D eigenvalue weighted by Crippen LogP contribution is 2.29. The Morgan fingerprint density at radius 1 is 1.03 bits per heavy atom. The van der Waals surface area contributed by atoms with Crippen LogP contribution in [-0.4, -0.2) is 31.4 Å². The molecule has 0 saturated carbocycles. The van der Waals surface area contributed by atoms with Crippen LogP contribution in [0.2, 0.25) is 0 Å². The van der Waals surface area contributed by atoms with Crippen molar-refractivity contribution in [3.05, 3.63) is 82.9 Å². The molecule has 0 unspecified atom stereocenters. The number of alkyl halides is 2. The summed E-state index contributed by atoms with van der Waals surface area (Å²) in [5.74, 6) is -1.09. The monoisotopic (exact) mass is 495 g/mol. The summed E-state index contributed by atoms with van der Waals surface area (Å²) in [6, 6.07) is 14.6. The van der Waals surface area contributed by atoms with E-state index in [4.69, 9.17) is 4.74 Å². The number of thioether (sulfide) groups is 1. The quantitative estimate of drug-likeness (QED) is 0.305. The molecule has 180 valence electrons. The maximum atomic E-state index is 12.8. The van der Waals surface area contributed by atoms with Crippen molar-refractivity contribution >= 4 is 23.4 Å². The predicted octanol–water partition coefficient (Wildman–Crippen LogP) is 6.26. The molecule has 7 nitrogen and oxygen atoms in total. The molecule has 0 aliphatic carbocycles. The summed E-state index contributed by atoms with van der Waals surface area (Å²) in [7, 11) is 0. The van der Waals surface area contributed by atoms with Crippen LogP contribution in [0.3, 0.4) is 0 Å². The second kappa shape index (κ2) is 10.2. The molecule has 0 aliphatic rings. The number of carbonyl (C=O) groups is 1. The van der Waals surface area contributed by atoms with E-state index in [1.807, 2.05) is 20.8 Å². The van der Waals surface area contributed by atoms with Gasteiger partial charge in [0.25, 0.3) is 11.7 Å². The van der Waals surface area contributed by atoms with E-state index in [9.17, 15) is 13.6 Å². The average molecular weight is 496 g/mol. The van der Waals surface area contributed by atoms with Crippen LogP contribution in [0.25, 0.3) is 5.82 Å². The summed E-state index contributed by atoms with van der Waals surface area (Å²) in [6.45, 7) is 7.71. The van der Waals surface area contributed by atoms with Crippen molar-refractivity contribution in [1.29, 1.82) is 0 Å². The zero-order chi connectivity index (χ0) is 25.1. The van der Waals surface area contributed by atoms with Crippen molar-refractivity contribution in [2.24, 2.45) is 0 Å². The Morgan fingerprint density at radius 2 is 1.74 bits per heavy atom. The Hall–Kier alpha value is -3.79. The molecule has 1 amide bonds. The van der Waals surface area contributed by atoms with Gasteiger partial charge in [-0.1, -0.05) is 23.9 Å². The van der Waals surface area contributed by atoms with Crippen LogP contribution in [0.1, 0.15) is 33.1 Å². The minimum absolute atomic E-state index is 0.182. The number of carbonyl (C=O) groups excluding carboxylic acids is 1. The molecular formula is C25H23F2N5O2S. The molecule has 1 N–H and O–H groups in total. The highest BCUT2D eigenvalue weighted by molar-refractivity contribution is 7.99. The Balaban J connectivity index is 1.49. The SMILES string of the molecule is Cc1nc(Oc2ccc(NC(=O)c3ccccc3SC(F)F)cc2)cc(-n2nc(C)c(C)c2C)n1. The fourth-order valence-electron chi connectivity index (χ4n) is 3.41. The van der Waals surface area contributed by atoms with Gasteiger partial charge in [0, 0.05) is 22.3 Å². The molecular weight excluding hydrogens is 472 g/mol. The summed E-state index contributed by atoms with van der Waals surface area (Å²) >= 11 is 0.339. The topological polar surface area (TPSA) is 81.9 Å². The first kappa shape index (κ1) is 24.3. The number of ether oxygens (including phenoxy) is 1. The van der Waals surface area contributed by atoms with Gasteiger partial charge in [0.05, 0.1) is 11.3 Å². The van der Waals surface area contributed by atoms with E-state index >= 15 is 0 Å². The van der Waals surface area contributed by atoms with E-state index in [0.29, 0.717) is 40.7 Å². The van der Waals surface area contributed by atoms with Crippen LogP contribution in [0.4, 0.5) is 14.5 Å². The molecule has 0 aliphatic heterocycles. The van der Waals surface area contributed by atoms with Crippen molar-refractivity contribution in [3.8, 4) is 17.4 Å². The Labute approximate surface area is 205 Å². The molecule has 0 radical (unpaired) electrons. The number of amides is 1. The van der Waals surface area contributed by atoms with Crippen LogP contribution in [0, 0.1) is 27.7 Å². The molecule has 0 bridgehead atoms. The molecule has 10 heteroatoms. The third-order valence-corrected chi connectivity index (χ3v) is 6.14. The highest BCUT2D eigenvalue weighted by atomic mass is 32.2. The summed E-state index contributed by atoms with van der Waals surface area (Å²) in [5, 5.41) is 7.27. The first-order chi connectivity index (χ1) is 16.7. The molecule has 0 saturated heterocycles. The molecule has 2 aromatic carbocycles. The summed E-state index contributed by atoms with van der Waals surface area (Å²) in [5.41, 5.74) is 3.68. The Kier molecular flexibility index (Phi) is 7.11. The smallest absolute Gasteiger partial charge is 0.288 e. The summed E-state index contributed by atoms with van der Waals surface area (Å²) < 4.78 is 33.3. The third kappa shape index (κ3) is 5.65. The second-order valence-corrected chi connectivity index (χ2v) is 8.81. The van der Waals surface area contributed by atoms with Crippen molar-refractivity contribution in [2.45, 2.75) is 38.3 Å². The molecule has 4 rings (SSSR count). The Morgan fingerprint density at radius 3 is 2.40 bits per heavy atom. The van der Waals surface area contributed by atoms with Gasteiger partial charge in [0.2, 0.25) is 5.88 Å². The van der Waals surface area contributed by atoms with Gasteiger partial charge in [0.15, 0.2) is 5.82 Å². The minimum Gasteiger partial charge on any atom is -0.439 e. The van der Waals surface area contributed by atoms with Crippen LogP contribution in [-0.2, 0) is 0 Å². The summed E-state index contributed by atoms with van der Waals surface area (Å²) in [6.07, 6.45) is 0. The van der Waals surface area contributed by atoms with Crippen LogP contribution in [0.5, 0.6) is 11.6 Å². The van der Waals surface area contributed by atoms with Gasteiger partial charge in [0.1, 0.15) is 11.6 Å². The first-order valence-corrected chi connectivity index (χ1v) is 11.6. The van der Waals surface area contributed by atoms with Gasteiger partial charge >= 0.3 is 0 Å². The molecule has 0 spiro atoms. The van der Waals surface area contributed by atoms with E-state index in [-0.39, 0.29) is 10.5 Å². The van der Waals surface area contributed by atoms with E-state index in [1.165, 1.54) is 12.1 Å². The van der Waals surface area contributed by atoms with Crippen molar-refractivity contribution in [2.75, 3.05) is 5.32 Å². The van der Waals surface area contributed by atoms with E-state index in [1.54, 1.807) is 54.1 Å². The Bertz CT molecular complexity index is 1370. The molecule has 2 aromatic heterocycles. The van der Waals surface area contributed by atoms with E-state index in [2.05, 4.69) is 20.4 Å². The van der Waals surface area contributed by atoms with Gasteiger partial charge in [-0.15, -0.1) is 0 Å². The number of nitrogens with zero attached hydrogens (tertiary/aromatic N) is 4. The van der Waals surface area contributed by atoms with Crippen molar-refractivity contribution < 1.29 is 18.3 Å². The average Bonchev–Trinajstić information content (AvgIpc) is 3.07. The second-order valence-electron chi connectivity index (χ2n) is 7.77. The molecule has 0 atom stereocenters. The number of halogens is 2. The minimum atomic E-state index is -2.61. The van der Waals surface area contributed by atoms with Crippen LogP contribution >= 0.6 is 11.8 Å². The van der Waals surface area contributed by atoms with Crippen molar-refractivity contribution in [3.63, 3.8) is 0 Å². The lowest BCUT2D eigenvalue weighted by molar-refractivity contribution is 0.102. The van der Waals surface area contributed by atoms with E-state index < -0.39 is 11.7 Å².